The van der Waals surface area contributed by atoms with Crippen LogP contribution in [0.4, 0.5) is 10.2 Å². The number of nitrogens with one attached hydrogen (secondary N) is 2. The van der Waals surface area contributed by atoms with Gasteiger partial charge in [-0.25, -0.2) is 4.39 Å². The molecule has 94 valence electrons. The summed E-state index contributed by atoms with van der Waals surface area (Å²) in [6.45, 7) is 0.0863. The first-order valence-corrected chi connectivity index (χ1v) is 5.88. The first kappa shape index (κ1) is 12.6. The average molecular weight is 313 g/mol. The van der Waals surface area contributed by atoms with Gasteiger partial charge >= 0.3 is 0 Å². The summed E-state index contributed by atoms with van der Waals surface area (Å²) in [6, 6.07) is 5.94. The molecule has 4 N–H and O–H groups in total. The number of rotatable bonds is 3. The molecule has 0 radical (unpaired) electrons. The third-order valence-electron chi connectivity index (χ3n) is 2.29. The maximum atomic E-state index is 13.4. The molecule has 2 rings (SSSR count). The Morgan fingerprint density at radius 3 is 2.94 bits per heavy atom. The van der Waals surface area contributed by atoms with Crippen LogP contribution < -0.4 is 11.1 Å². The van der Waals surface area contributed by atoms with E-state index in [4.69, 9.17) is 5.73 Å². The molecule has 1 amide bonds. The van der Waals surface area contributed by atoms with Gasteiger partial charge in [-0.1, -0.05) is 15.9 Å². The molecule has 0 atom stereocenters. The molecule has 0 saturated heterocycles. The van der Waals surface area contributed by atoms with E-state index in [9.17, 15) is 9.18 Å². The number of H-pyrrole nitrogens is 1. The molecule has 0 aliphatic carbocycles. The van der Waals surface area contributed by atoms with Crippen LogP contribution in [0.1, 0.15) is 16.1 Å². The number of nitrogens with zero attached hydrogens (tertiary/aromatic N) is 1. The van der Waals surface area contributed by atoms with Crippen molar-refractivity contribution in [3.05, 3.63) is 45.8 Å². The SMILES string of the molecule is Nc1cc(C(=O)NCc2cc(Br)ccc2F)[nH]n1. The molecule has 0 saturated carbocycles. The molecule has 1 aromatic heterocycles. The van der Waals surface area contributed by atoms with Crippen LogP contribution in [0.2, 0.25) is 0 Å². The Morgan fingerprint density at radius 1 is 1.50 bits per heavy atom. The number of aromatic nitrogens is 2. The van der Waals surface area contributed by atoms with E-state index in [-0.39, 0.29) is 23.9 Å². The van der Waals surface area contributed by atoms with E-state index in [2.05, 4.69) is 31.4 Å². The van der Waals surface area contributed by atoms with Crippen LogP contribution in [0.15, 0.2) is 28.7 Å². The lowest BCUT2D eigenvalue weighted by Crippen LogP contribution is -2.23. The standard InChI is InChI=1S/C11H10BrFN4O/c12-7-1-2-8(13)6(3-7)5-15-11(18)9-4-10(14)17-16-9/h1-4H,5H2,(H,15,18)(H3,14,16,17). The molecular weight excluding hydrogens is 303 g/mol. The summed E-state index contributed by atoms with van der Waals surface area (Å²) in [6.07, 6.45) is 0. The minimum absolute atomic E-state index is 0.0863. The van der Waals surface area contributed by atoms with E-state index in [1.165, 1.54) is 12.1 Å². The van der Waals surface area contributed by atoms with Gasteiger partial charge in [0.1, 0.15) is 17.3 Å². The molecular formula is C11H10BrFN4O. The quantitative estimate of drug-likeness (QED) is 0.808. The lowest BCUT2D eigenvalue weighted by atomic mass is 10.2. The van der Waals surface area contributed by atoms with Crippen molar-refractivity contribution in [1.29, 1.82) is 0 Å². The molecule has 0 bridgehead atoms. The highest BCUT2D eigenvalue weighted by atomic mass is 79.9. The third-order valence-corrected chi connectivity index (χ3v) is 2.78. The molecule has 7 heteroatoms. The van der Waals surface area contributed by atoms with Crippen LogP contribution in [0.3, 0.4) is 0 Å². The van der Waals surface area contributed by atoms with Crippen molar-refractivity contribution in [3.8, 4) is 0 Å². The smallest absolute Gasteiger partial charge is 0.269 e. The van der Waals surface area contributed by atoms with Crippen LogP contribution in [0.5, 0.6) is 0 Å². The van der Waals surface area contributed by atoms with E-state index in [0.29, 0.717) is 5.56 Å². The second-order valence-electron chi connectivity index (χ2n) is 3.62. The highest BCUT2D eigenvalue weighted by Gasteiger charge is 2.10. The van der Waals surface area contributed by atoms with E-state index in [0.717, 1.165) is 4.47 Å². The van der Waals surface area contributed by atoms with Crippen molar-refractivity contribution in [2.45, 2.75) is 6.54 Å². The number of hydrogen-bond acceptors (Lipinski definition) is 3. The summed E-state index contributed by atoms with van der Waals surface area (Å²) < 4.78 is 14.2. The van der Waals surface area contributed by atoms with E-state index in [1.807, 2.05) is 0 Å². The zero-order valence-corrected chi connectivity index (χ0v) is 10.8. The number of anilines is 1. The highest BCUT2D eigenvalue weighted by Crippen LogP contribution is 2.15. The Balaban J connectivity index is 2.03. The lowest BCUT2D eigenvalue weighted by Gasteiger charge is -2.05. The summed E-state index contributed by atoms with van der Waals surface area (Å²) in [5, 5.41) is 8.68. The van der Waals surface area contributed by atoms with Crippen molar-refractivity contribution >= 4 is 27.7 Å². The minimum Gasteiger partial charge on any atom is -0.382 e. The van der Waals surface area contributed by atoms with E-state index in [1.54, 1.807) is 12.1 Å². The van der Waals surface area contributed by atoms with E-state index >= 15 is 0 Å². The Bertz CT molecular complexity index is 584. The number of carbonyl (C=O) groups excluding carboxylic acids is 1. The normalized spacial score (nSPS) is 10.3. The molecule has 0 fully saturated rings. The maximum Gasteiger partial charge on any atom is 0.269 e. The summed E-state index contributed by atoms with van der Waals surface area (Å²) in [4.78, 5) is 11.7. The van der Waals surface area contributed by atoms with E-state index < -0.39 is 5.91 Å². The van der Waals surface area contributed by atoms with Gasteiger partial charge in [-0.05, 0) is 18.2 Å². The predicted molar refractivity (Wildman–Crippen MR) is 68.3 cm³/mol. The number of halogens is 2. The minimum atomic E-state index is -0.390. The van der Waals surface area contributed by atoms with Crippen molar-refractivity contribution < 1.29 is 9.18 Å². The molecule has 1 heterocycles. The zero-order valence-electron chi connectivity index (χ0n) is 9.21. The third kappa shape index (κ3) is 2.86. The van der Waals surface area contributed by atoms with Gasteiger partial charge in [-0.15, -0.1) is 0 Å². The molecule has 0 aliphatic rings. The zero-order chi connectivity index (χ0) is 13.1. The fourth-order valence-electron chi connectivity index (χ4n) is 1.40. The molecule has 18 heavy (non-hydrogen) atoms. The highest BCUT2D eigenvalue weighted by molar-refractivity contribution is 9.10. The number of nitrogens with two attached hydrogens (primary N) is 1. The molecule has 0 aliphatic heterocycles. The Hall–Kier alpha value is -1.89. The number of nitrogen functional groups attached to an aromatic ring is 1. The maximum absolute atomic E-state index is 13.4. The number of carbonyl (C=O) groups is 1. The monoisotopic (exact) mass is 312 g/mol. The van der Waals surface area contributed by atoms with Gasteiger partial charge in [-0.3, -0.25) is 9.89 Å². The van der Waals surface area contributed by atoms with Crippen molar-refractivity contribution in [2.24, 2.45) is 0 Å². The lowest BCUT2D eigenvalue weighted by molar-refractivity contribution is 0.0945. The van der Waals surface area contributed by atoms with Gasteiger partial charge in [0.15, 0.2) is 0 Å². The van der Waals surface area contributed by atoms with Crippen molar-refractivity contribution in [1.82, 2.24) is 15.5 Å². The van der Waals surface area contributed by atoms with Gasteiger partial charge < -0.3 is 11.1 Å². The number of benzene rings is 1. The Labute approximate surface area is 111 Å². The second-order valence-corrected chi connectivity index (χ2v) is 4.54. The van der Waals surface area contributed by atoms with Crippen LogP contribution in [0.25, 0.3) is 0 Å². The summed E-state index contributed by atoms with van der Waals surface area (Å²) >= 11 is 3.24. The summed E-state index contributed by atoms with van der Waals surface area (Å²) in [5.41, 5.74) is 6.01. The van der Waals surface area contributed by atoms with Gasteiger partial charge in [0.2, 0.25) is 0 Å². The first-order chi connectivity index (χ1) is 8.56. The van der Waals surface area contributed by atoms with Crippen LogP contribution in [-0.2, 0) is 6.54 Å². The van der Waals surface area contributed by atoms with Gasteiger partial charge in [-0.2, -0.15) is 5.10 Å². The van der Waals surface area contributed by atoms with Crippen LogP contribution in [0, 0.1) is 5.82 Å². The number of aromatic amines is 1. The molecule has 1 aromatic carbocycles. The number of amides is 1. The van der Waals surface area contributed by atoms with Gasteiger partial charge in [0, 0.05) is 22.6 Å². The fraction of sp³-hybridized carbons (Fsp3) is 0.0909. The first-order valence-electron chi connectivity index (χ1n) is 5.09. The Kier molecular flexibility index (Phi) is 3.61. The molecule has 0 unspecified atom stereocenters. The van der Waals surface area contributed by atoms with Crippen molar-refractivity contribution in [2.75, 3.05) is 5.73 Å². The fourth-order valence-corrected chi connectivity index (χ4v) is 1.81. The largest absolute Gasteiger partial charge is 0.382 e. The molecule has 5 nitrogen and oxygen atoms in total. The van der Waals surface area contributed by atoms with Crippen LogP contribution >= 0.6 is 15.9 Å². The summed E-state index contributed by atoms with van der Waals surface area (Å²) in [5.74, 6) is -0.532. The van der Waals surface area contributed by atoms with Crippen molar-refractivity contribution in [3.63, 3.8) is 0 Å². The molecule has 2 aromatic rings. The van der Waals surface area contributed by atoms with Gasteiger partial charge in [0.05, 0.1) is 0 Å². The van der Waals surface area contributed by atoms with Gasteiger partial charge in [0.25, 0.3) is 5.91 Å². The Morgan fingerprint density at radius 2 is 2.28 bits per heavy atom. The number of hydrogen-bond donors (Lipinski definition) is 3. The van der Waals surface area contributed by atoms with Crippen LogP contribution in [-0.4, -0.2) is 16.1 Å². The molecule has 0 spiro atoms. The predicted octanol–water partition coefficient (Wildman–Crippen LogP) is 1.82. The summed E-state index contributed by atoms with van der Waals surface area (Å²) in [7, 11) is 0. The second kappa shape index (κ2) is 5.18. The topological polar surface area (TPSA) is 83.8 Å². The average Bonchev–Trinajstić information content (AvgIpc) is 2.77.